The van der Waals surface area contributed by atoms with Crippen LogP contribution in [0.1, 0.15) is 125 Å². The fourth-order valence-electron chi connectivity index (χ4n) is 5.93. The number of aromatic nitrogens is 3. The molecule has 0 aliphatic heterocycles. The highest BCUT2D eigenvalue weighted by Gasteiger charge is 2.43. The zero-order valence-electron chi connectivity index (χ0n) is 22.8. The van der Waals surface area contributed by atoms with Crippen molar-refractivity contribution in [1.29, 1.82) is 0 Å². The first-order chi connectivity index (χ1) is 16.6. The molecule has 3 saturated carbocycles. The Hall–Kier alpha value is -2.17. The molecule has 5 heteroatoms. The van der Waals surface area contributed by atoms with Crippen LogP contribution in [0.5, 0.6) is 0 Å². The quantitative estimate of drug-likeness (QED) is 0.500. The van der Waals surface area contributed by atoms with Gasteiger partial charge in [-0.25, -0.2) is 9.97 Å². The maximum absolute atomic E-state index is 13.3. The van der Waals surface area contributed by atoms with E-state index in [1.54, 1.807) is 0 Å². The summed E-state index contributed by atoms with van der Waals surface area (Å²) in [5.74, 6) is 1.72. The highest BCUT2D eigenvalue weighted by Crippen LogP contribution is 2.47. The highest BCUT2D eigenvalue weighted by molar-refractivity contribution is 5.97. The Kier molecular flexibility index (Phi) is 6.34. The van der Waals surface area contributed by atoms with Crippen LogP contribution in [0.25, 0.3) is 11.4 Å². The Morgan fingerprint density at radius 3 is 2.31 bits per heavy atom. The summed E-state index contributed by atoms with van der Waals surface area (Å²) in [7, 11) is 0. The van der Waals surface area contributed by atoms with Crippen molar-refractivity contribution < 1.29 is 4.79 Å². The lowest BCUT2D eigenvalue weighted by atomic mass is 9.87. The molecule has 0 aromatic carbocycles. The van der Waals surface area contributed by atoms with E-state index < -0.39 is 0 Å². The monoisotopic (exact) mass is 476 g/mol. The van der Waals surface area contributed by atoms with Gasteiger partial charge in [0.05, 0.1) is 22.6 Å². The molecule has 0 spiro atoms. The van der Waals surface area contributed by atoms with Gasteiger partial charge in [-0.3, -0.25) is 4.79 Å². The van der Waals surface area contributed by atoms with Crippen molar-refractivity contribution >= 4 is 5.91 Å². The van der Waals surface area contributed by atoms with E-state index in [1.807, 2.05) is 0 Å². The molecular weight excluding hydrogens is 432 g/mol. The van der Waals surface area contributed by atoms with Gasteiger partial charge in [0.15, 0.2) is 0 Å². The van der Waals surface area contributed by atoms with Crippen molar-refractivity contribution in [3.05, 3.63) is 34.4 Å². The molecule has 0 atom stereocenters. The predicted octanol–water partition coefficient (Wildman–Crippen LogP) is 6.77. The van der Waals surface area contributed by atoms with E-state index in [9.17, 15) is 4.79 Å². The third-order valence-electron chi connectivity index (χ3n) is 8.86. The molecule has 0 unspecified atom stereocenters. The molecule has 1 amide bonds. The van der Waals surface area contributed by atoms with E-state index in [0.717, 1.165) is 72.0 Å². The summed E-state index contributed by atoms with van der Waals surface area (Å²) in [5.41, 5.74) is 6.32. The molecule has 3 fully saturated rings. The lowest BCUT2D eigenvalue weighted by molar-refractivity contribution is 0.0916. The maximum atomic E-state index is 13.3. The summed E-state index contributed by atoms with van der Waals surface area (Å²) >= 11 is 0. The van der Waals surface area contributed by atoms with E-state index in [4.69, 9.17) is 9.97 Å². The predicted molar refractivity (Wildman–Crippen MR) is 142 cm³/mol. The molecular formula is C30H44N4O. The second kappa shape index (κ2) is 9.05. The Morgan fingerprint density at radius 1 is 1.06 bits per heavy atom. The van der Waals surface area contributed by atoms with Crippen LogP contribution in [-0.4, -0.2) is 26.5 Å². The third kappa shape index (κ3) is 4.80. The van der Waals surface area contributed by atoms with Gasteiger partial charge in [0.2, 0.25) is 0 Å². The number of nitrogens with zero attached hydrogens (tertiary/aromatic N) is 3. The van der Waals surface area contributed by atoms with Crippen molar-refractivity contribution in [2.45, 2.75) is 129 Å². The smallest absolute Gasteiger partial charge is 0.253 e. The second-order valence-electron chi connectivity index (χ2n) is 12.9. The summed E-state index contributed by atoms with van der Waals surface area (Å²) in [6.45, 7) is 14.3. The van der Waals surface area contributed by atoms with Crippen molar-refractivity contribution in [3.63, 3.8) is 0 Å². The van der Waals surface area contributed by atoms with Crippen LogP contribution in [0.15, 0.2) is 6.07 Å². The fraction of sp³-hybridized carbons (Fsp3) is 0.700. The number of rotatable bonds is 6. The minimum Gasteiger partial charge on any atom is -0.349 e. The normalized spacial score (nSPS) is 20.5. The van der Waals surface area contributed by atoms with Crippen LogP contribution >= 0.6 is 0 Å². The molecule has 3 aliphatic carbocycles. The molecule has 190 valence electrons. The van der Waals surface area contributed by atoms with Gasteiger partial charge in [-0.1, -0.05) is 47.0 Å². The number of hydrogen-bond donors (Lipinski definition) is 1. The molecule has 3 aliphatic rings. The molecule has 0 radical (unpaired) electrons. The first-order valence-corrected chi connectivity index (χ1v) is 14.0. The van der Waals surface area contributed by atoms with Crippen LogP contribution < -0.4 is 5.32 Å². The first-order valence-electron chi connectivity index (χ1n) is 14.0. The van der Waals surface area contributed by atoms with Gasteiger partial charge < -0.3 is 9.88 Å². The van der Waals surface area contributed by atoms with Crippen molar-refractivity contribution in [3.8, 4) is 11.4 Å². The van der Waals surface area contributed by atoms with Crippen LogP contribution in [0, 0.1) is 19.8 Å². The second-order valence-corrected chi connectivity index (χ2v) is 12.9. The van der Waals surface area contributed by atoms with E-state index >= 15 is 0 Å². The van der Waals surface area contributed by atoms with E-state index in [2.05, 4.69) is 57.5 Å². The molecule has 35 heavy (non-hydrogen) atoms. The fourth-order valence-corrected chi connectivity index (χ4v) is 5.93. The largest absolute Gasteiger partial charge is 0.349 e. The van der Waals surface area contributed by atoms with Gasteiger partial charge in [0.25, 0.3) is 5.91 Å². The summed E-state index contributed by atoms with van der Waals surface area (Å²) in [6.07, 6.45) is 12.3. The topological polar surface area (TPSA) is 59.8 Å². The summed E-state index contributed by atoms with van der Waals surface area (Å²) < 4.78 is 2.42. The Balaban J connectivity index is 1.63. The maximum Gasteiger partial charge on any atom is 0.253 e. The van der Waals surface area contributed by atoms with Crippen LogP contribution in [-0.2, 0) is 17.4 Å². The minimum absolute atomic E-state index is 0.0674. The van der Waals surface area contributed by atoms with Gasteiger partial charge in [-0.05, 0) is 76.3 Å². The molecule has 0 bridgehead atoms. The average Bonchev–Trinajstić information content (AvgIpc) is 3.46. The first kappa shape index (κ1) is 24.5. The Bertz CT molecular complexity index is 1110. The minimum atomic E-state index is -0.0674. The Labute approximate surface area is 211 Å². The lowest BCUT2D eigenvalue weighted by Gasteiger charge is -2.27. The lowest BCUT2D eigenvalue weighted by Crippen LogP contribution is -2.39. The molecule has 2 heterocycles. The van der Waals surface area contributed by atoms with E-state index in [0.29, 0.717) is 12.0 Å². The van der Waals surface area contributed by atoms with Gasteiger partial charge in [0.1, 0.15) is 5.82 Å². The molecule has 5 rings (SSSR count). The highest BCUT2D eigenvalue weighted by atomic mass is 16.1. The number of hydrogen-bond acceptors (Lipinski definition) is 3. The number of amides is 1. The van der Waals surface area contributed by atoms with Gasteiger partial charge in [-0.15, -0.1) is 0 Å². The van der Waals surface area contributed by atoms with Crippen LogP contribution in [0.2, 0.25) is 0 Å². The van der Waals surface area contributed by atoms with E-state index in [-0.39, 0.29) is 16.7 Å². The van der Waals surface area contributed by atoms with Crippen LogP contribution in [0.3, 0.4) is 0 Å². The van der Waals surface area contributed by atoms with Crippen molar-refractivity contribution in [1.82, 2.24) is 19.9 Å². The van der Waals surface area contributed by atoms with Gasteiger partial charge >= 0.3 is 0 Å². The molecule has 1 N–H and O–H groups in total. The third-order valence-corrected chi connectivity index (χ3v) is 8.86. The van der Waals surface area contributed by atoms with Crippen LogP contribution in [0.4, 0.5) is 0 Å². The summed E-state index contributed by atoms with van der Waals surface area (Å²) in [6, 6.07) is 2.47. The summed E-state index contributed by atoms with van der Waals surface area (Å²) in [4.78, 5) is 23.7. The number of carbonyl (C=O) groups is 1. The van der Waals surface area contributed by atoms with Gasteiger partial charge in [0, 0.05) is 29.1 Å². The molecule has 0 saturated heterocycles. The Morgan fingerprint density at radius 2 is 1.74 bits per heavy atom. The molecule has 2 aromatic rings. The van der Waals surface area contributed by atoms with Crippen molar-refractivity contribution in [2.24, 2.45) is 5.92 Å². The number of nitrogens with one attached hydrogen (secondary N) is 1. The van der Waals surface area contributed by atoms with Gasteiger partial charge in [-0.2, -0.15) is 0 Å². The average molecular weight is 477 g/mol. The molecule has 5 nitrogen and oxygen atoms in total. The molecule has 2 aromatic heterocycles. The zero-order valence-corrected chi connectivity index (χ0v) is 22.8. The zero-order chi connectivity index (χ0) is 25.0. The van der Waals surface area contributed by atoms with E-state index in [1.165, 1.54) is 38.5 Å². The van der Waals surface area contributed by atoms with Crippen molar-refractivity contribution in [2.75, 3.05) is 0 Å². The SMILES string of the molecule is Cc1c(-c2cc(C(=O)NC3CCC3)c(C)n2CC2CCCCC2)nc(C2(C)CC2)nc1C(C)(C)C. The summed E-state index contributed by atoms with van der Waals surface area (Å²) in [5, 5.41) is 3.28. The standard InChI is InChI=1S/C30H44N4O/c1-19-25(32-28(30(6)15-16-30)33-26(19)29(3,4)5)24-17-23(27(35)31-22-13-10-14-22)20(2)34(24)18-21-11-8-7-9-12-21/h17,21-22H,7-16,18H2,1-6H3,(H,31,35). The number of carbonyl (C=O) groups excluding carboxylic acids is 1.